The lowest BCUT2D eigenvalue weighted by atomic mass is 10.0. The maximum atomic E-state index is 12.4. The fourth-order valence-electron chi connectivity index (χ4n) is 4.17. The van der Waals surface area contributed by atoms with Gasteiger partial charge in [-0.05, 0) is 25.1 Å². The molecule has 2 aliphatic heterocycles. The van der Waals surface area contributed by atoms with Gasteiger partial charge >= 0.3 is 0 Å². The quantitative estimate of drug-likeness (QED) is 0.572. The fourth-order valence-corrected chi connectivity index (χ4v) is 4.17. The molecule has 10 heteroatoms. The zero-order valence-electron chi connectivity index (χ0n) is 19.0. The lowest BCUT2D eigenvalue weighted by Crippen LogP contribution is -2.46. The molecule has 172 valence electrons. The molecule has 10 nitrogen and oxygen atoms in total. The van der Waals surface area contributed by atoms with E-state index in [2.05, 4.69) is 43.1 Å². The van der Waals surface area contributed by atoms with Crippen molar-refractivity contribution in [3.63, 3.8) is 0 Å². The van der Waals surface area contributed by atoms with Gasteiger partial charge in [-0.1, -0.05) is 6.08 Å². The molecule has 5 heterocycles. The molecule has 5 rings (SSSR count). The summed E-state index contributed by atoms with van der Waals surface area (Å²) in [5.74, 6) is 0.685. The predicted octanol–water partition coefficient (Wildman–Crippen LogP) is 1.06. The number of ether oxygens (including phenoxy) is 1. The molecule has 1 atom stereocenters. The van der Waals surface area contributed by atoms with E-state index in [-0.39, 0.29) is 11.7 Å². The number of hydrogen-bond acceptors (Lipinski definition) is 8. The molecule has 1 saturated heterocycles. The Morgan fingerprint density at radius 3 is 2.67 bits per heavy atom. The molecule has 0 N–H and O–H groups in total. The van der Waals surface area contributed by atoms with Gasteiger partial charge in [-0.25, -0.2) is 14.6 Å². The summed E-state index contributed by atoms with van der Waals surface area (Å²) in [6.45, 7) is 4.22. The lowest BCUT2D eigenvalue weighted by molar-refractivity contribution is 0.0260. The van der Waals surface area contributed by atoms with Gasteiger partial charge in [0.2, 0.25) is 5.95 Å². The van der Waals surface area contributed by atoms with Gasteiger partial charge in [-0.2, -0.15) is 10.2 Å². The molecular weight excluding hydrogens is 420 g/mol. The Morgan fingerprint density at radius 1 is 1.09 bits per heavy atom. The number of likely N-dealkylation sites (N-methyl/N-ethyl adjacent to an activating group) is 1. The topological polar surface area (TPSA) is 94.2 Å². The summed E-state index contributed by atoms with van der Waals surface area (Å²) in [4.78, 5) is 26.1. The summed E-state index contributed by atoms with van der Waals surface area (Å²) in [7, 11) is 3.98. The van der Waals surface area contributed by atoms with Crippen molar-refractivity contribution in [2.24, 2.45) is 7.05 Å². The summed E-state index contributed by atoms with van der Waals surface area (Å²) >= 11 is 0. The third-order valence-electron chi connectivity index (χ3n) is 6.09. The molecule has 0 amide bonds. The van der Waals surface area contributed by atoms with Crippen LogP contribution in [-0.4, -0.2) is 80.4 Å². The summed E-state index contributed by atoms with van der Waals surface area (Å²) in [5, 5.41) is 8.71. The zero-order valence-corrected chi connectivity index (χ0v) is 19.0. The molecule has 0 spiro atoms. The van der Waals surface area contributed by atoms with E-state index in [4.69, 9.17) is 4.74 Å². The van der Waals surface area contributed by atoms with Crippen LogP contribution in [0.25, 0.3) is 16.8 Å². The van der Waals surface area contributed by atoms with Crippen molar-refractivity contribution >= 4 is 11.5 Å². The summed E-state index contributed by atoms with van der Waals surface area (Å²) in [5.41, 5.74) is 3.80. The van der Waals surface area contributed by atoms with E-state index in [0.29, 0.717) is 37.9 Å². The first-order chi connectivity index (χ1) is 16.0. The minimum Gasteiger partial charge on any atom is -0.373 e. The highest BCUT2D eigenvalue weighted by Gasteiger charge is 2.24. The highest BCUT2D eigenvalue weighted by Crippen LogP contribution is 2.22. The van der Waals surface area contributed by atoms with E-state index in [9.17, 15) is 4.79 Å². The van der Waals surface area contributed by atoms with Crippen LogP contribution in [0.4, 0.5) is 5.95 Å². The molecule has 0 saturated carbocycles. The average molecular weight is 449 g/mol. The molecule has 0 aliphatic carbocycles. The van der Waals surface area contributed by atoms with Crippen LogP contribution in [-0.2, 0) is 18.3 Å². The van der Waals surface area contributed by atoms with E-state index in [1.54, 1.807) is 16.9 Å². The Kier molecular flexibility index (Phi) is 6.01. The van der Waals surface area contributed by atoms with Crippen molar-refractivity contribution in [2.75, 3.05) is 44.7 Å². The number of rotatable bonds is 5. The largest absolute Gasteiger partial charge is 0.373 e. The molecule has 0 aromatic carbocycles. The van der Waals surface area contributed by atoms with E-state index >= 15 is 0 Å². The molecular formula is C23H28N8O2. The molecule has 1 fully saturated rings. The van der Waals surface area contributed by atoms with Crippen LogP contribution in [0.15, 0.2) is 47.8 Å². The first-order valence-electron chi connectivity index (χ1n) is 11.2. The summed E-state index contributed by atoms with van der Waals surface area (Å²) in [6.07, 6.45) is 10.5. The first-order valence-corrected chi connectivity index (χ1v) is 11.2. The molecule has 3 aromatic heterocycles. The van der Waals surface area contributed by atoms with Crippen LogP contribution in [0.1, 0.15) is 12.0 Å². The van der Waals surface area contributed by atoms with Crippen molar-refractivity contribution in [1.29, 1.82) is 0 Å². The second-order valence-electron chi connectivity index (χ2n) is 8.59. The van der Waals surface area contributed by atoms with Gasteiger partial charge in [-0.3, -0.25) is 9.48 Å². The van der Waals surface area contributed by atoms with Crippen molar-refractivity contribution < 1.29 is 4.74 Å². The minimum absolute atomic E-state index is 0.157. The van der Waals surface area contributed by atoms with Gasteiger partial charge in [0.15, 0.2) is 0 Å². The van der Waals surface area contributed by atoms with Crippen LogP contribution in [0.5, 0.6) is 0 Å². The van der Waals surface area contributed by atoms with Crippen molar-refractivity contribution in [3.05, 3.63) is 58.9 Å². The second-order valence-corrected chi connectivity index (χ2v) is 8.59. The minimum atomic E-state index is -0.187. The van der Waals surface area contributed by atoms with Crippen molar-refractivity contribution in [3.8, 4) is 11.3 Å². The molecule has 3 aromatic rings. The second kappa shape index (κ2) is 9.24. The van der Waals surface area contributed by atoms with Crippen LogP contribution in [0.2, 0.25) is 0 Å². The standard InChI is InChI=1S/C23H28N8O2/c1-28-7-5-17(6-8-28)18-11-24-23(25-12-18)30-9-10-33-20(15-30)16-31-22(32)4-3-21(27-31)19-13-26-29(2)14-19/h3-5,11-14,20H,6-10,15-16H2,1-2H3/t20-/m0/s1. The Hall–Kier alpha value is -3.37. The van der Waals surface area contributed by atoms with Gasteiger partial charge in [0.1, 0.15) is 0 Å². The Labute approximate surface area is 192 Å². The van der Waals surface area contributed by atoms with Gasteiger partial charge in [0, 0.05) is 69.0 Å². The Morgan fingerprint density at radius 2 is 1.94 bits per heavy atom. The van der Waals surface area contributed by atoms with Gasteiger partial charge in [-0.15, -0.1) is 0 Å². The Bertz CT molecular complexity index is 1200. The molecule has 2 aliphatic rings. The zero-order chi connectivity index (χ0) is 22.8. The van der Waals surface area contributed by atoms with Crippen LogP contribution in [0, 0.1) is 0 Å². The molecule has 0 bridgehead atoms. The smallest absolute Gasteiger partial charge is 0.266 e. The SMILES string of the molecule is CN1CC=C(c2cnc(N3CCO[C@H](Cn4nc(-c5cnn(C)c5)ccc4=O)C3)nc2)CC1. The fraction of sp³-hybridized carbons (Fsp3) is 0.435. The van der Waals surface area contributed by atoms with E-state index < -0.39 is 0 Å². The average Bonchev–Trinajstić information content (AvgIpc) is 3.28. The van der Waals surface area contributed by atoms with Crippen LogP contribution in [0.3, 0.4) is 0 Å². The third-order valence-corrected chi connectivity index (χ3v) is 6.09. The van der Waals surface area contributed by atoms with Crippen LogP contribution >= 0.6 is 0 Å². The molecule has 0 radical (unpaired) electrons. The number of aryl methyl sites for hydroxylation is 1. The van der Waals surface area contributed by atoms with Gasteiger partial charge < -0.3 is 14.5 Å². The number of hydrogen-bond donors (Lipinski definition) is 0. The first kappa shape index (κ1) is 21.5. The van der Waals surface area contributed by atoms with E-state index in [1.165, 1.54) is 16.3 Å². The number of anilines is 1. The van der Waals surface area contributed by atoms with Gasteiger partial charge in [0.25, 0.3) is 5.56 Å². The summed E-state index contributed by atoms with van der Waals surface area (Å²) in [6, 6.07) is 3.26. The number of morpholine rings is 1. The highest BCUT2D eigenvalue weighted by atomic mass is 16.5. The van der Waals surface area contributed by atoms with Crippen molar-refractivity contribution in [2.45, 2.75) is 19.1 Å². The Balaban J connectivity index is 1.27. The number of nitrogens with zero attached hydrogens (tertiary/aromatic N) is 8. The van der Waals surface area contributed by atoms with Crippen molar-refractivity contribution in [1.82, 2.24) is 34.4 Å². The van der Waals surface area contributed by atoms with E-state index in [1.807, 2.05) is 25.6 Å². The predicted molar refractivity (Wildman–Crippen MR) is 125 cm³/mol. The van der Waals surface area contributed by atoms with E-state index in [0.717, 1.165) is 30.6 Å². The monoisotopic (exact) mass is 448 g/mol. The summed E-state index contributed by atoms with van der Waals surface area (Å²) < 4.78 is 9.12. The maximum Gasteiger partial charge on any atom is 0.266 e. The lowest BCUT2D eigenvalue weighted by Gasteiger charge is -2.33. The number of aromatic nitrogens is 6. The van der Waals surface area contributed by atoms with Gasteiger partial charge in [0.05, 0.1) is 31.1 Å². The molecule has 33 heavy (non-hydrogen) atoms. The maximum absolute atomic E-state index is 12.4. The highest BCUT2D eigenvalue weighted by molar-refractivity contribution is 5.65. The molecule has 0 unspecified atom stereocenters. The third kappa shape index (κ3) is 4.86. The van der Waals surface area contributed by atoms with Crippen LogP contribution < -0.4 is 10.5 Å². The normalized spacial score (nSPS) is 19.5.